The SMILES string of the molecule is CCc1nsc(N2CCN(C(=NC)NCCCOCC(C)C)CC2)n1.I. The summed E-state index contributed by atoms with van der Waals surface area (Å²) in [6.45, 7) is 12.8. The number of aromatic nitrogens is 2. The van der Waals surface area contributed by atoms with Crippen molar-refractivity contribution in [3.05, 3.63) is 5.82 Å². The maximum atomic E-state index is 5.62. The minimum absolute atomic E-state index is 0. The number of aliphatic imine (C=N–C) groups is 1. The number of rotatable bonds is 8. The highest BCUT2D eigenvalue weighted by Crippen LogP contribution is 2.19. The zero-order valence-electron chi connectivity index (χ0n) is 16.4. The van der Waals surface area contributed by atoms with E-state index < -0.39 is 0 Å². The molecule has 0 aromatic carbocycles. The third-order valence-corrected chi connectivity index (χ3v) is 4.85. The van der Waals surface area contributed by atoms with Crippen LogP contribution < -0.4 is 10.2 Å². The molecule has 7 nitrogen and oxygen atoms in total. The fourth-order valence-corrected chi connectivity index (χ4v) is 3.45. The van der Waals surface area contributed by atoms with E-state index in [-0.39, 0.29) is 24.0 Å². The van der Waals surface area contributed by atoms with Gasteiger partial charge in [0.1, 0.15) is 5.82 Å². The van der Waals surface area contributed by atoms with Gasteiger partial charge in [0, 0.05) is 70.9 Å². The topological polar surface area (TPSA) is 65.9 Å². The highest BCUT2D eigenvalue weighted by atomic mass is 127. The number of halogens is 1. The molecule has 0 atom stereocenters. The molecule has 0 spiro atoms. The van der Waals surface area contributed by atoms with Gasteiger partial charge in [-0.1, -0.05) is 20.8 Å². The van der Waals surface area contributed by atoms with Crippen LogP contribution in [0.3, 0.4) is 0 Å². The first-order chi connectivity index (χ1) is 12.1. The van der Waals surface area contributed by atoms with Crippen LogP contribution in [0.15, 0.2) is 4.99 Å². The van der Waals surface area contributed by atoms with Gasteiger partial charge in [0.25, 0.3) is 0 Å². The summed E-state index contributed by atoms with van der Waals surface area (Å²) in [5.41, 5.74) is 0. The van der Waals surface area contributed by atoms with E-state index in [2.05, 4.69) is 50.2 Å². The minimum atomic E-state index is 0. The van der Waals surface area contributed by atoms with E-state index in [0.717, 1.165) is 75.7 Å². The van der Waals surface area contributed by atoms with Crippen LogP contribution in [0.2, 0.25) is 0 Å². The van der Waals surface area contributed by atoms with Crippen LogP contribution in [0.4, 0.5) is 5.13 Å². The summed E-state index contributed by atoms with van der Waals surface area (Å²) >= 11 is 1.51. The molecule has 1 aromatic heterocycles. The molecule has 1 fully saturated rings. The summed E-state index contributed by atoms with van der Waals surface area (Å²) < 4.78 is 10.0. The van der Waals surface area contributed by atoms with Crippen LogP contribution in [-0.2, 0) is 11.2 Å². The smallest absolute Gasteiger partial charge is 0.205 e. The lowest BCUT2D eigenvalue weighted by atomic mass is 10.2. The molecule has 0 aliphatic carbocycles. The number of nitrogens with one attached hydrogen (secondary N) is 1. The average molecular weight is 496 g/mol. The lowest BCUT2D eigenvalue weighted by molar-refractivity contribution is 0.108. The summed E-state index contributed by atoms with van der Waals surface area (Å²) in [4.78, 5) is 13.6. The van der Waals surface area contributed by atoms with Gasteiger partial charge in [-0.2, -0.15) is 4.37 Å². The van der Waals surface area contributed by atoms with Crippen LogP contribution in [0.1, 0.15) is 33.0 Å². The summed E-state index contributed by atoms with van der Waals surface area (Å²) in [5.74, 6) is 2.52. The van der Waals surface area contributed by atoms with E-state index in [1.54, 1.807) is 0 Å². The molecule has 1 aromatic rings. The lowest BCUT2D eigenvalue weighted by Gasteiger charge is -2.36. The fourth-order valence-electron chi connectivity index (χ4n) is 2.65. The molecular formula is C17H33IN6OS. The molecule has 2 rings (SSSR count). The van der Waals surface area contributed by atoms with E-state index >= 15 is 0 Å². The molecule has 1 aliphatic rings. The van der Waals surface area contributed by atoms with Gasteiger partial charge in [0.05, 0.1) is 0 Å². The zero-order chi connectivity index (χ0) is 18.1. The Balaban J connectivity index is 0.00000338. The van der Waals surface area contributed by atoms with Crippen molar-refractivity contribution in [1.82, 2.24) is 19.6 Å². The molecule has 1 N–H and O–H groups in total. The molecule has 2 heterocycles. The highest BCUT2D eigenvalue weighted by molar-refractivity contribution is 14.0. The molecule has 0 radical (unpaired) electrons. The molecule has 150 valence electrons. The number of aryl methyl sites for hydroxylation is 1. The monoisotopic (exact) mass is 496 g/mol. The Bertz CT molecular complexity index is 531. The van der Waals surface area contributed by atoms with Gasteiger partial charge in [-0.25, -0.2) is 4.98 Å². The van der Waals surface area contributed by atoms with Gasteiger partial charge in [-0.05, 0) is 12.3 Å². The Morgan fingerprint density at radius 1 is 1.31 bits per heavy atom. The first-order valence-electron chi connectivity index (χ1n) is 9.24. The predicted octanol–water partition coefficient (Wildman–Crippen LogP) is 2.48. The Hall–Kier alpha value is -0.680. The van der Waals surface area contributed by atoms with Crippen LogP contribution in [0.5, 0.6) is 0 Å². The number of ether oxygens (including phenoxy) is 1. The normalized spacial score (nSPS) is 15.3. The highest BCUT2D eigenvalue weighted by Gasteiger charge is 2.21. The number of piperazine rings is 1. The van der Waals surface area contributed by atoms with E-state index in [9.17, 15) is 0 Å². The zero-order valence-corrected chi connectivity index (χ0v) is 19.5. The minimum Gasteiger partial charge on any atom is -0.381 e. The van der Waals surface area contributed by atoms with Crippen LogP contribution >= 0.6 is 35.5 Å². The van der Waals surface area contributed by atoms with Crippen molar-refractivity contribution in [2.24, 2.45) is 10.9 Å². The predicted molar refractivity (Wildman–Crippen MR) is 120 cm³/mol. The van der Waals surface area contributed by atoms with Crippen LogP contribution in [-0.4, -0.2) is 73.2 Å². The fraction of sp³-hybridized carbons (Fsp3) is 0.824. The number of guanidine groups is 1. The Morgan fingerprint density at radius 2 is 2.04 bits per heavy atom. The summed E-state index contributed by atoms with van der Waals surface area (Å²) in [7, 11) is 1.85. The van der Waals surface area contributed by atoms with E-state index in [1.165, 1.54) is 11.5 Å². The van der Waals surface area contributed by atoms with Gasteiger partial charge in [0.2, 0.25) is 5.13 Å². The van der Waals surface area contributed by atoms with Gasteiger partial charge in [-0.15, -0.1) is 24.0 Å². The van der Waals surface area contributed by atoms with Crippen LogP contribution in [0.25, 0.3) is 0 Å². The van der Waals surface area contributed by atoms with E-state index in [0.29, 0.717) is 5.92 Å². The molecular weight excluding hydrogens is 463 g/mol. The number of hydrogen-bond donors (Lipinski definition) is 1. The largest absolute Gasteiger partial charge is 0.381 e. The van der Waals surface area contributed by atoms with Gasteiger partial charge in [-0.3, -0.25) is 4.99 Å². The van der Waals surface area contributed by atoms with Gasteiger partial charge in [0.15, 0.2) is 5.96 Å². The molecule has 26 heavy (non-hydrogen) atoms. The summed E-state index contributed by atoms with van der Waals surface area (Å²) in [6, 6.07) is 0. The maximum absolute atomic E-state index is 5.62. The van der Waals surface area contributed by atoms with Crippen LogP contribution in [0, 0.1) is 5.92 Å². The Morgan fingerprint density at radius 3 is 2.62 bits per heavy atom. The second kappa shape index (κ2) is 12.7. The third-order valence-electron chi connectivity index (χ3n) is 4.03. The van der Waals surface area contributed by atoms with E-state index in [1.807, 2.05) is 7.05 Å². The molecule has 1 saturated heterocycles. The Labute approximate surface area is 178 Å². The van der Waals surface area contributed by atoms with E-state index in [4.69, 9.17) is 4.74 Å². The Kier molecular flexibility index (Phi) is 11.4. The van der Waals surface area contributed by atoms with Crippen molar-refractivity contribution >= 4 is 46.6 Å². The van der Waals surface area contributed by atoms with Crippen molar-refractivity contribution in [3.63, 3.8) is 0 Å². The second-order valence-electron chi connectivity index (χ2n) is 6.62. The number of nitrogens with zero attached hydrogens (tertiary/aromatic N) is 5. The average Bonchev–Trinajstić information content (AvgIpc) is 3.10. The number of hydrogen-bond acceptors (Lipinski definition) is 6. The van der Waals surface area contributed by atoms with Gasteiger partial charge < -0.3 is 19.9 Å². The summed E-state index contributed by atoms with van der Waals surface area (Å²) in [5, 5.41) is 4.49. The van der Waals surface area contributed by atoms with Crippen molar-refractivity contribution in [2.45, 2.75) is 33.6 Å². The summed E-state index contributed by atoms with van der Waals surface area (Å²) in [6.07, 6.45) is 1.89. The molecule has 1 aliphatic heterocycles. The molecule has 9 heteroatoms. The maximum Gasteiger partial charge on any atom is 0.205 e. The van der Waals surface area contributed by atoms with Crippen molar-refractivity contribution < 1.29 is 4.74 Å². The first-order valence-corrected chi connectivity index (χ1v) is 10.0. The second-order valence-corrected chi connectivity index (χ2v) is 7.35. The number of anilines is 1. The quantitative estimate of drug-likeness (QED) is 0.258. The molecule has 0 amide bonds. The molecule has 0 saturated carbocycles. The first kappa shape index (κ1) is 23.4. The third kappa shape index (κ3) is 7.51. The molecule has 0 bridgehead atoms. The van der Waals surface area contributed by atoms with Crippen molar-refractivity contribution in [1.29, 1.82) is 0 Å². The standard InChI is InChI=1S/C17H32N6OS.HI/c1-5-15-20-17(25-21-15)23-10-8-22(9-11-23)16(18-4)19-7-6-12-24-13-14(2)3;/h14H,5-13H2,1-4H3,(H,18,19);1H. The van der Waals surface area contributed by atoms with Gasteiger partial charge >= 0.3 is 0 Å². The van der Waals surface area contributed by atoms with Crippen molar-refractivity contribution in [2.75, 3.05) is 57.9 Å². The van der Waals surface area contributed by atoms with Crippen molar-refractivity contribution in [3.8, 4) is 0 Å². The lowest BCUT2D eigenvalue weighted by Crippen LogP contribution is -2.52. The molecule has 0 unspecified atom stereocenters.